The summed E-state index contributed by atoms with van der Waals surface area (Å²) in [6, 6.07) is 20.1. The molecule has 216 valence electrons. The lowest BCUT2D eigenvalue weighted by atomic mass is 9.97. The van der Waals surface area contributed by atoms with Crippen LogP contribution >= 0.6 is 11.8 Å². The molecule has 1 unspecified atom stereocenters. The van der Waals surface area contributed by atoms with E-state index in [-0.39, 0.29) is 24.0 Å². The Balaban J connectivity index is 1.51. The Hall–Kier alpha value is -3.82. The first-order valence-electron chi connectivity index (χ1n) is 13.6. The summed E-state index contributed by atoms with van der Waals surface area (Å²) in [5.41, 5.74) is 3.50. The summed E-state index contributed by atoms with van der Waals surface area (Å²) in [5.74, 6) is -1.02. The molecule has 1 aliphatic rings. The highest BCUT2D eigenvalue weighted by molar-refractivity contribution is 8.00. The molecule has 1 heterocycles. The molecule has 4 rings (SSSR count). The van der Waals surface area contributed by atoms with Crippen LogP contribution in [-0.2, 0) is 16.1 Å². The molecule has 0 saturated carbocycles. The summed E-state index contributed by atoms with van der Waals surface area (Å²) in [7, 11) is 0. The van der Waals surface area contributed by atoms with Crippen LogP contribution in [0.15, 0.2) is 72.8 Å². The first kappa shape index (κ1) is 30.1. The lowest BCUT2D eigenvalue weighted by molar-refractivity contribution is -0.146. The monoisotopic (exact) mass is 575 g/mol. The molecule has 1 saturated heterocycles. The van der Waals surface area contributed by atoms with E-state index in [1.54, 1.807) is 19.1 Å². The van der Waals surface area contributed by atoms with Crippen LogP contribution in [0.25, 0.3) is 0 Å². The molecule has 3 aromatic carbocycles. The Kier molecular flexibility index (Phi) is 9.40. The number of thioether (sulfide) groups is 1. The van der Waals surface area contributed by atoms with E-state index >= 15 is 0 Å². The van der Waals surface area contributed by atoms with E-state index in [4.69, 9.17) is 0 Å². The van der Waals surface area contributed by atoms with Gasteiger partial charge in [0.15, 0.2) is 0 Å². The number of hydrogen-bond donors (Lipinski definition) is 4. The summed E-state index contributed by atoms with van der Waals surface area (Å²) >= 11 is 1.48. The summed E-state index contributed by atoms with van der Waals surface area (Å²) in [5, 5.41) is 27.1. The number of aliphatic hydroxyl groups excluding tert-OH is 1. The maximum atomic E-state index is 13.6. The number of carbonyl (C=O) groups is 3. The molecule has 8 nitrogen and oxygen atoms in total. The normalized spacial score (nSPS) is 17.5. The molecule has 0 radical (unpaired) electrons. The predicted octanol–water partition coefficient (Wildman–Crippen LogP) is 4.23. The number of carbonyl (C=O) groups excluding carboxylic acids is 3. The standard InChI is InChI=1S/C32H37N3O5S/c1-20-11-8-9-14-23(20)18-33-30(39)28-32(3,4)41-19-35(28)31(40)27(37)17-25(22-12-6-5-7-13-22)34-29(38)24-15-10-16-26(36)21(24)2/h5-16,25,27-28,36-37H,17-19H2,1-4H3,(H,33,39)(H,34,38)/t25?,27-,28+/m0/s1. The number of aromatic hydroxyl groups is 1. The van der Waals surface area contributed by atoms with Crippen LogP contribution in [0.3, 0.4) is 0 Å². The third-order valence-electron chi connectivity index (χ3n) is 7.59. The fourth-order valence-corrected chi connectivity index (χ4v) is 6.23. The summed E-state index contributed by atoms with van der Waals surface area (Å²) in [6.45, 7) is 7.80. The van der Waals surface area contributed by atoms with Crippen molar-refractivity contribution in [2.75, 3.05) is 5.88 Å². The quantitative estimate of drug-likeness (QED) is 0.303. The maximum Gasteiger partial charge on any atom is 0.252 e. The van der Waals surface area contributed by atoms with E-state index in [9.17, 15) is 24.6 Å². The van der Waals surface area contributed by atoms with Crippen LogP contribution in [0, 0.1) is 13.8 Å². The molecular weight excluding hydrogens is 538 g/mol. The van der Waals surface area contributed by atoms with Crippen molar-refractivity contribution in [2.45, 2.75) is 63.6 Å². The molecule has 3 aromatic rings. The Morgan fingerprint density at radius 1 is 1.00 bits per heavy atom. The second-order valence-electron chi connectivity index (χ2n) is 10.9. The van der Waals surface area contributed by atoms with Crippen LogP contribution < -0.4 is 10.6 Å². The van der Waals surface area contributed by atoms with E-state index in [2.05, 4.69) is 10.6 Å². The summed E-state index contributed by atoms with van der Waals surface area (Å²) < 4.78 is -0.564. The van der Waals surface area contributed by atoms with Crippen LogP contribution in [0.5, 0.6) is 5.75 Å². The molecule has 1 fully saturated rings. The predicted molar refractivity (Wildman–Crippen MR) is 160 cm³/mol. The van der Waals surface area contributed by atoms with Gasteiger partial charge in [-0.05, 0) is 56.5 Å². The van der Waals surface area contributed by atoms with Crippen molar-refractivity contribution in [3.8, 4) is 5.75 Å². The zero-order valence-corrected chi connectivity index (χ0v) is 24.6. The van der Waals surface area contributed by atoms with Gasteiger partial charge >= 0.3 is 0 Å². The van der Waals surface area contributed by atoms with Crippen LogP contribution in [0.1, 0.15) is 58.9 Å². The van der Waals surface area contributed by atoms with Gasteiger partial charge in [-0.3, -0.25) is 14.4 Å². The van der Waals surface area contributed by atoms with E-state index in [0.717, 1.165) is 11.1 Å². The zero-order valence-electron chi connectivity index (χ0n) is 23.8. The van der Waals surface area contributed by atoms with Crippen molar-refractivity contribution >= 4 is 29.5 Å². The van der Waals surface area contributed by atoms with Crippen molar-refractivity contribution in [3.63, 3.8) is 0 Å². The van der Waals surface area contributed by atoms with Gasteiger partial charge in [-0.15, -0.1) is 11.8 Å². The zero-order chi connectivity index (χ0) is 29.7. The Labute approximate surface area is 245 Å². The molecule has 9 heteroatoms. The van der Waals surface area contributed by atoms with Gasteiger partial charge in [0.1, 0.15) is 17.9 Å². The molecule has 3 amide bonds. The molecule has 41 heavy (non-hydrogen) atoms. The molecule has 0 aliphatic carbocycles. The molecule has 0 aromatic heterocycles. The maximum absolute atomic E-state index is 13.6. The minimum atomic E-state index is -1.47. The van der Waals surface area contributed by atoms with Gasteiger partial charge in [-0.2, -0.15) is 0 Å². The Bertz CT molecular complexity index is 1410. The lowest BCUT2D eigenvalue weighted by Crippen LogP contribution is -2.55. The number of nitrogens with zero attached hydrogens (tertiary/aromatic N) is 1. The largest absolute Gasteiger partial charge is 0.508 e. The van der Waals surface area contributed by atoms with Gasteiger partial charge in [0.25, 0.3) is 11.8 Å². The van der Waals surface area contributed by atoms with E-state index < -0.39 is 34.7 Å². The minimum absolute atomic E-state index is 0.00464. The van der Waals surface area contributed by atoms with Gasteiger partial charge in [0.2, 0.25) is 5.91 Å². The van der Waals surface area contributed by atoms with Gasteiger partial charge in [0, 0.05) is 28.8 Å². The highest BCUT2D eigenvalue weighted by Crippen LogP contribution is 2.40. The highest BCUT2D eigenvalue weighted by Gasteiger charge is 2.49. The Morgan fingerprint density at radius 2 is 1.68 bits per heavy atom. The van der Waals surface area contributed by atoms with Gasteiger partial charge in [-0.25, -0.2) is 0 Å². The van der Waals surface area contributed by atoms with Crippen molar-refractivity contribution < 1.29 is 24.6 Å². The van der Waals surface area contributed by atoms with Crippen molar-refractivity contribution in [1.29, 1.82) is 0 Å². The fraction of sp³-hybridized carbons (Fsp3) is 0.344. The van der Waals surface area contributed by atoms with E-state index in [1.165, 1.54) is 22.7 Å². The lowest BCUT2D eigenvalue weighted by Gasteiger charge is -2.32. The number of benzene rings is 3. The average Bonchev–Trinajstić information content (AvgIpc) is 3.28. The number of rotatable bonds is 9. The van der Waals surface area contributed by atoms with E-state index in [0.29, 0.717) is 23.2 Å². The van der Waals surface area contributed by atoms with E-state index in [1.807, 2.05) is 75.4 Å². The van der Waals surface area contributed by atoms with Crippen LogP contribution in [0.4, 0.5) is 0 Å². The average molecular weight is 576 g/mol. The number of phenols is 1. The van der Waals surface area contributed by atoms with Gasteiger partial charge in [-0.1, -0.05) is 60.7 Å². The molecule has 0 bridgehead atoms. The number of amides is 3. The first-order chi connectivity index (χ1) is 19.5. The van der Waals surface area contributed by atoms with Crippen molar-refractivity contribution in [1.82, 2.24) is 15.5 Å². The molecule has 0 spiro atoms. The molecular formula is C32H37N3O5S. The summed E-state index contributed by atoms with van der Waals surface area (Å²) in [4.78, 5) is 41.7. The first-order valence-corrected chi connectivity index (χ1v) is 14.6. The number of aliphatic hydroxyl groups is 1. The molecule has 4 N–H and O–H groups in total. The Morgan fingerprint density at radius 3 is 2.39 bits per heavy atom. The van der Waals surface area contributed by atoms with Gasteiger partial charge in [0.05, 0.1) is 11.9 Å². The summed E-state index contributed by atoms with van der Waals surface area (Å²) in [6.07, 6.45) is -1.56. The smallest absolute Gasteiger partial charge is 0.252 e. The third kappa shape index (κ3) is 6.92. The number of phenolic OH excluding ortho intramolecular Hbond substituents is 1. The third-order valence-corrected chi connectivity index (χ3v) is 8.97. The van der Waals surface area contributed by atoms with Gasteiger partial charge < -0.3 is 25.7 Å². The van der Waals surface area contributed by atoms with Crippen molar-refractivity contribution in [3.05, 3.63) is 101 Å². The molecule has 1 aliphatic heterocycles. The van der Waals surface area contributed by atoms with Crippen LogP contribution in [-0.4, -0.2) is 55.6 Å². The van der Waals surface area contributed by atoms with Crippen LogP contribution in [0.2, 0.25) is 0 Å². The second kappa shape index (κ2) is 12.8. The van der Waals surface area contributed by atoms with Crippen molar-refractivity contribution in [2.24, 2.45) is 0 Å². The molecule has 3 atom stereocenters. The minimum Gasteiger partial charge on any atom is -0.508 e. The number of nitrogens with one attached hydrogen (secondary N) is 2. The SMILES string of the molecule is Cc1ccccc1CNC(=O)[C@H]1N(C(=O)[C@@H](O)CC(NC(=O)c2cccc(O)c2C)c2ccccc2)CSC1(C)C. The topological polar surface area (TPSA) is 119 Å². The number of aryl methyl sites for hydroxylation is 1. The second-order valence-corrected chi connectivity index (χ2v) is 12.5. The fourth-order valence-electron chi connectivity index (χ4n) is 5.08. The highest BCUT2D eigenvalue weighted by atomic mass is 32.2. The number of hydrogen-bond acceptors (Lipinski definition) is 6.